The van der Waals surface area contributed by atoms with E-state index in [0.717, 1.165) is 11.3 Å². The average molecular weight is 216 g/mol. The van der Waals surface area contributed by atoms with E-state index in [2.05, 4.69) is 10.6 Å². The third-order valence-electron chi connectivity index (χ3n) is 2.06. The zero-order valence-corrected chi connectivity index (χ0v) is 8.64. The number of carbonyl (C=O) groups is 1. The van der Waals surface area contributed by atoms with Crippen molar-refractivity contribution in [2.75, 3.05) is 5.32 Å². The van der Waals surface area contributed by atoms with Crippen LogP contribution in [0.3, 0.4) is 0 Å². The molecular weight excluding hydrogens is 204 g/mol. The van der Waals surface area contributed by atoms with Gasteiger partial charge in [0.05, 0.1) is 12.5 Å². The van der Waals surface area contributed by atoms with Crippen LogP contribution in [-0.2, 0) is 6.54 Å². The first kappa shape index (κ1) is 10.3. The molecule has 2 aromatic rings. The molecule has 0 aliphatic carbocycles. The summed E-state index contributed by atoms with van der Waals surface area (Å²) in [5.41, 5.74) is 1.70. The van der Waals surface area contributed by atoms with Crippen molar-refractivity contribution in [3.8, 4) is 0 Å². The molecule has 0 spiro atoms. The maximum absolute atomic E-state index is 11.5. The summed E-state index contributed by atoms with van der Waals surface area (Å²) in [6, 6.07) is 10.9. The first-order valence-electron chi connectivity index (χ1n) is 4.95. The molecule has 2 amide bonds. The number of anilines is 1. The SMILES string of the molecule is O=C(NCc1ccoc1)Nc1ccccc1. The highest BCUT2D eigenvalue weighted by Gasteiger charge is 2.01. The van der Waals surface area contributed by atoms with Crippen molar-refractivity contribution in [3.05, 3.63) is 54.5 Å². The molecule has 4 nitrogen and oxygen atoms in total. The lowest BCUT2D eigenvalue weighted by Crippen LogP contribution is -2.27. The second-order valence-corrected chi connectivity index (χ2v) is 3.31. The number of amides is 2. The number of furan rings is 1. The number of carbonyl (C=O) groups excluding carboxylic acids is 1. The van der Waals surface area contributed by atoms with Gasteiger partial charge in [0, 0.05) is 17.8 Å². The molecule has 1 aromatic carbocycles. The van der Waals surface area contributed by atoms with Gasteiger partial charge < -0.3 is 15.1 Å². The van der Waals surface area contributed by atoms with E-state index in [1.807, 2.05) is 36.4 Å². The molecule has 0 radical (unpaired) electrons. The summed E-state index contributed by atoms with van der Waals surface area (Å²) in [5, 5.41) is 5.45. The predicted molar refractivity (Wildman–Crippen MR) is 61.0 cm³/mol. The maximum Gasteiger partial charge on any atom is 0.319 e. The van der Waals surface area contributed by atoms with Gasteiger partial charge in [0.25, 0.3) is 0 Å². The van der Waals surface area contributed by atoms with Gasteiger partial charge in [0.15, 0.2) is 0 Å². The van der Waals surface area contributed by atoms with Crippen molar-refractivity contribution < 1.29 is 9.21 Å². The van der Waals surface area contributed by atoms with Crippen molar-refractivity contribution in [3.63, 3.8) is 0 Å². The Hall–Kier alpha value is -2.23. The molecule has 0 unspecified atom stereocenters. The fraction of sp³-hybridized carbons (Fsp3) is 0.0833. The van der Waals surface area contributed by atoms with Crippen LogP contribution >= 0.6 is 0 Å². The van der Waals surface area contributed by atoms with Crippen LogP contribution in [0, 0.1) is 0 Å². The highest BCUT2D eigenvalue weighted by atomic mass is 16.3. The van der Waals surface area contributed by atoms with E-state index < -0.39 is 0 Å². The van der Waals surface area contributed by atoms with Gasteiger partial charge in [-0.3, -0.25) is 0 Å². The van der Waals surface area contributed by atoms with Crippen LogP contribution in [0.2, 0.25) is 0 Å². The third kappa shape index (κ3) is 2.88. The average Bonchev–Trinajstić information content (AvgIpc) is 2.81. The Kier molecular flexibility index (Phi) is 3.23. The Bertz CT molecular complexity index is 437. The summed E-state index contributed by atoms with van der Waals surface area (Å²) < 4.78 is 4.89. The van der Waals surface area contributed by atoms with E-state index in [-0.39, 0.29) is 6.03 Å². The van der Waals surface area contributed by atoms with E-state index in [1.54, 1.807) is 12.5 Å². The number of benzene rings is 1. The molecule has 0 fully saturated rings. The summed E-state index contributed by atoms with van der Waals surface area (Å²) in [6.07, 6.45) is 3.18. The third-order valence-corrected chi connectivity index (χ3v) is 2.06. The fourth-order valence-corrected chi connectivity index (χ4v) is 1.27. The van der Waals surface area contributed by atoms with Gasteiger partial charge in [-0.1, -0.05) is 18.2 Å². The summed E-state index contributed by atoms with van der Waals surface area (Å²) in [5.74, 6) is 0. The van der Waals surface area contributed by atoms with Crippen LogP contribution in [0.1, 0.15) is 5.56 Å². The lowest BCUT2D eigenvalue weighted by molar-refractivity contribution is 0.251. The Morgan fingerprint density at radius 3 is 2.69 bits per heavy atom. The first-order chi connectivity index (χ1) is 7.84. The van der Waals surface area contributed by atoms with Gasteiger partial charge in [-0.2, -0.15) is 0 Å². The van der Waals surface area contributed by atoms with Crippen molar-refractivity contribution in [2.45, 2.75) is 6.54 Å². The number of hydrogen-bond donors (Lipinski definition) is 2. The lowest BCUT2D eigenvalue weighted by atomic mass is 10.3. The van der Waals surface area contributed by atoms with Gasteiger partial charge >= 0.3 is 6.03 Å². The van der Waals surface area contributed by atoms with Crippen LogP contribution in [0.4, 0.5) is 10.5 Å². The Balaban J connectivity index is 1.81. The molecule has 0 aliphatic rings. The standard InChI is InChI=1S/C12H12N2O2/c15-12(13-8-10-6-7-16-9-10)14-11-4-2-1-3-5-11/h1-7,9H,8H2,(H2,13,14,15). The van der Waals surface area contributed by atoms with Crippen molar-refractivity contribution >= 4 is 11.7 Å². The number of para-hydroxylation sites is 1. The Morgan fingerprint density at radius 2 is 2.00 bits per heavy atom. The van der Waals surface area contributed by atoms with E-state index >= 15 is 0 Å². The first-order valence-corrected chi connectivity index (χ1v) is 4.95. The number of rotatable bonds is 3. The van der Waals surface area contributed by atoms with Crippen LogP contribution in [0.15, 0.2) is 53.3 Å². The second kappa shape index (κ2) is 5.02. The minimum atomic E-state index is -0.229. The molecule has 0 bridgehead atoms. The maximum atomic E-state index is 11.5. The van der Waals surface area contributed by atoms with Gasteiger partial charge in [-0.15, -0.1) is 0 Å². The molecule has 0 atom stereocenters. The van der Waals surface area contributed by atoms with Gasteiger partial charge in [-0.05, 0) is 18.2 Å². The minimum Gasteiger partial charge on any atom is -0.472 e. The van der Waals surface area contributed by atoms with Crippen molar-refractivity contribution in [1.29, 1.82) is 0 Å². The van der Waals surface area contributed by atoms with Crippen LogP contribution in [-0.4, -0.2) is 6.03 Å². The monoisotopic (exact) mass is 216 g/mol. The summed E-state index contributed by atoms with van der Waals surface area (Å²) >= 11 is 0. The molecule has 2 rings (SSSR count). The minimum absolute atomic E-state index is 0.229. The fourth-order valence-electron chi connectivity index (χ4n) is 1.27. The molecule has 1 aromatic heterocycles. The van der Waals surface area contributed by atoms with E-state index in [0.29, 0.717) is 6.54 Å². The Labute approximate surface area is 93.3 Å². The van der Waals surface area contributed by atoms with Crippen LogP contribution in [0.25, 0.3) is 0 Å². The smallest absolute Gasteiger partial charge is 0.319 e. The van der Waals surface area contributed by atoms with E-state index in [1.165, 1.54) is 0 Å². The van der Waals surface area contributed by atoms with E-state index in [9.17, 15) is 4.79 Å². The number of urea groups is 1. The lowest BCUT2D eigenvalue weighted by Gasteiger charge is -2.05. The van der Waals surface area contributed by atoms with Gasteiger partial charge in [0.1, 0.15) is 0 Å². The van der Waals surface area contributed by atoms with E-state index in [4.69, 9.17) is 4.42 Å². The molecular formula is C12H12N2O2. The van der Waals surface area contributed by atoms with Crippen LogP contribution < -0.4 is 10.6 Å². The predicted octanol–water partition coefficient (Wildman–Crippen LogP) is 2.60. The van der Waals surface area contributed by atoms with Gasteiger partial charge in [0.2, 0.25) is 0 Å². The molecule has 4 heteroatoms. The normalized spacial score (nSPS) is 9.75. The zero-order chi connectivity index (χ0) is 11.2. The van der Waals surface area contributed by atoms with Crippen molar-refractivity contribution in [1.82, 2.24) is 5.32 Å². The molecule has 0 saturated carbocycles. The largest absolute Gasteiger partial charge is 0.472 e. The molecule has 2 N–H and O–H groups in total. The topological polar surface area (TPSA) is 54.3 Å². The highest BCUT2D eigenvalue weighted by molar-refractivity contribution is 5.89. The highest BCUT2D eigenvalue weighted by Crippen LogP contribution is 2.04. The molecule has 16 heavy (non-hydrogen) atoms. The second-order valence-electron chi connectivity index (χ2n) is 3.31. The molecule has 0 saturated heterocycles. The molecule has 0 aliphatic heterocycles. The van der Waals surface area contributed by atoms with Crippen molar-refractivity contribution in [2.24, 2.45) is 0 Å². The van der Waals surface area contributed by atoms with Crippen LogP contribution in [0.5, 0.6) is 0 Å². The number of nitrogens with one attached hydrogen (secondary N) is 2. The molecule has 82 valence electrons. The number of hydrogen-bond acceptors (Lipinski definition) is 2. The molecule has 1 heterocycles. The summed E-state index contributed by atoms with van der Waals surface area (Å²) in [6.45, 7) is 0.454. The zero-order valence-electron chi connectivity index (χ0n) is 8.64. The summed E-state index contributed by atoms with van der Waals surface area (Å²) in [7, 11) is 0. The quantitative estimate of drug-likeness (QED) is 0.828. The Morgan fingerprint density at radius 1 is 1.19 bits per heavy atom. The van der Waals surface area contributed by atoms with Gasteiger partial charge in [-0.25, -0.2) is 4.79 Å². The summed E-state index contributed by atoms with van der Waals surface area (Å²) in [4.78, 5) is 11.5.